The first kappa shape index (κ1) is 17.5. The summed E-state index contributed by atoms with van der Waals surface area (Å²) in [6.07, 6.45) is 2.39. The highest BCUT2D eigenvalue weighted by atomic mass is 19.1. The Hall–Kier alpha value is -2.31. The largest absolute Gasteiger partial charge is 0.425 e. The van der Waals surface area contributed by atoms with E-state index in [0.29, 0.717) is 18.2 Å². The molecular weight excluding hydrogens is 328 g/mol. The molecule has 7 heteroatoms. The lowest BCUT2D eigenvalue weighted by Crippen LogP contribution is -2.44. The Morgan fingerprint density at radius 1 is 1.32 bits per heavy atom. The zero-order valence-electron chi connectivity index (χ0n) is 14.3. The van der Waals surface area contributed by atoms with Crippen molar-refractivity contribution < 1.29 is 18.0 Å². The van der Waals surface area contributed by atoms with Gasteiger partial charge in [0.05, 0.1) is 5.92 Å². The van der Waals surface area contributed by atoms with E-state index >= 15 is 0 Å². The van der Waals surface area contributed by atoms with E-state index in [1.807, 2.05) is 11.8 Å². The van der Waals surface area contributed by atoms with Crippen LogP contribution in [0.5, 0.6) is 0 Å². The van der Waals surface area contributed by atoms with E-state index < -0.39 is 11.6 Å². The highest BCUT2D eigenvalue weighted by molar-refractivity contribution is 5.73. The minimum Gasteiger partial charge on any atom is -0.425 e. The average Bonchev–Trinajstić information content (AvgIpc) is 3.04. The van der Waals surface area contributed by atoms with Gasteiger partial charge in [0.15, 0.2) is 0 Å². The molecule has 2 atom stereocenters. The van der Waals surface area contributed by atoms with Crippen molar-refractivity contribution in [3.05, 3.63) is 47.2 Å². The van der Waals surface area contributed by atoms with Crippen LogP contribution in [-0.2, 0) is 17.6 Å². The molecule has 0 N–H and O–H groups in total. The molecule has 0 saturated carbocycles. The zero-order valence-corrected chi connectivity index (χ0v) is 14.3. The number of hydrogen-bond donors (Lipinski definition) is 0. The van der Waals surface area contributed by atoms with Crippen molar-refractivity contribution >= 4 is 5.91 Å². The molecule has 5 nitrogen and oxygen atoms in total. The maximum atomic E-state index is 13.7. The summed E-state index contributed by atoms with van der Waals surface area (Å²) in [4.78, 5) is 13.5. The molecule has 2 aromatic rings. The number of benzene rings is 1. The first-order valence-corrected chi connectivity index (χ1v) is 8.49. The number of piperidine rings is 1. The third kappa shape index (κ3) is 3.86. The van der Waals surface area contributed by atoms with Gasteiger partial charge in [0, 0.05) is 25.9 Å². The van der Waals surface area contributed by atoms with Gasteiger partial charge in [0.25, 0.3) is 0 Å². The monoisotopic (exact) mass is 349 g/mol. The van der Waals surface area contributed by atoms with Crippen molar-refractivity contribution in [3.63, 3.8) is 0 Å². The molecule has 0 unspecified atom stereocenters. The van der Waals surface area contributed by atoms with Crippen molar-refractivity contribution in [3.8, 4) is 0 Å². The quantitative estimate of drug-likeness (QED) is 0.850. The lowest BCUT2D eigenvalue weighted by Gasteiger charge is -2.37. The normalized spacial score (nSPS) is 20.7. The van der Waals surface area contributed by atoms with Crippen LogP contribution < -0.4 is 0 Å². The number of aryl methyl sites for hydroxylation is 2. The van der Waals surface area contributed by atoms with Gasteiger partial charge in [-0.25, -0.2) is 8.78 Å². The van der Waals surface area contributed by atoms with E-state index in [2.05, 4.69) is 10.2 Å². The minimum absolute atomic E-state index is 0.000198. The van der Waals surface area contributed by atoms with E-state index in [-0.39, 0.29) is 29.9 Å². The fourth-order valence-electron chi connectivity index (χ4n) is 3.41. The van der Waals surface area contributed by atoms with Crippen molar-refractivity contribution in [1.29, 1.82) is 0 Å². The summed E-state index contributed by atoms with van der Waals surface area (Å²) in [6.45, 7) is 4.29. The van der Waals surface area contributed by atoms with Crippen LogP contribution >= 0.6 is 0 Å². The van der Waals surface area contributed by atoms with Crippen LogP contribution in [0.2, 0.25) is 0 Å². The molecule has 0 radical (unpaired) electrons. The minimum atomic E-state index is -0.469. The molecule has 1 aromatic heterocycles. The fraction of sp³-hybridized carbons (Fsp3) is 0.500. The van der Waals surface area contributed by atoms with Gasteiger partial charge < -0.3 is 9.32 Å². The Balaban J connectivity index is 1.68. The summed E-state index contributed by atoms with van der Waals surface area (Å²) in [5.41, 5.74) is 0.286. The molecule has 0 aliphatic carbocycles. The Labute approximate surface area is 145 Å². The van der Waals surface area contributed by atoms with Gasteiger partial charge in [-0.15, -0.1) is 10.2 Å². The molecule has 1 aliphatic heterocycles. The molecule has 1 aromatic carbocycles. The smallest absolute Gasteiger partial charge is 0.221 e. The number of likely N-dealkylation sites (tertiary alicyclic amines) is 1. The number of rotatable bonds is 4. The van der Waals surface area contributed by atoms with Crippen molar-refractivity contribution in [1.82, 2.24) is 15.1 Å². The third-order valence-corrected chi connectivity index (χ3v) is 4.81. The van der Waals surface area contributed by atoms with Crippen LogP contribution in [0.1, 0.15) is 50.0 Å². The first-order valence-electron chi connectivity index (χ1n) is 8.49. The van der Waals surface area contributed by atoms with Crippen LogP contribution in [0, 0.1) is 11.6 Å². The second kappa shape index (κ2) is 7.29. The number of amides is 1. The number of halogens is 2. The Morgan fingerprint density at radius 2 is 2.12 bits per heavy atom. The second-order valence-electron chi connectivity index (χ2n) is 6.47. The molecule has 1 aliphatic rings. The van der Waals surface area contributed by atoms with E-state index in [9.17, 15) is 13.6 Å². The summed E-state index contributed by atoms with van der Waals surface area (Å²) < 4.78 is 32.6. The summed E-state index contributed by atoms with van der Waals surface area (Å²) in [6, 6.07) is 3.39. The summed E-state index contributed by atoms with van der Waals surface area (Å²) in [5, 5.41) is 8.14. The molecule has 25 heavy (non-hydrogen) atoms. The molecular formula is C18H21F2N3O2. The summed E-state index contributed by atoms with van der Waals surface area (Å²) >= 11 is 0. The van der Waals surface area contributed by atoms with Gasteiger partial charge in [-0.05, 0) is 49.9 Å². The molecule has 3 rings (SSSR count). The van der Waals surface area contributed by atoms with Crippen LogP contribution in [0.25, 0.3) is 0 Å². The number of aromatic nitrogens is 2. The molecule has 134 valence electrons. The van der Waals surface area contributed by atoms with Gasteiger partial charge >= 0.3 is 0 Å². The highest BCUT2D eigenvalue weighted by Crippen LogP contribution is 2.32. The molecule has 0 spiro atoms. The van der Waals surface area contributed by atoms with Gasteiger partial charge in [-0.2, -0.15) is 0 Å². The van der Waals surface area contributed by atoms with Gasteiger partial charge in [0.1, 0.15) is 11.6 Å². The maximum Gasteiger partial charge on any atom is 0.221 e. The third-order valence-electron chi connectivity index (χ3n) is 4.81. The SMILES string of the molecule is CC(=O)N1CCC[C@H](c2nnc(CCc3cc(F)ccc3F)o2)[C@@H]1C. The lowest BCUT2D eigenvalue weighted by molar-refractivity contribution is -0.132. The Morgan fingerprint density at radius 3 is 2.88 bits per heavy atom. The van der Waals surface area contributed by atoms with E-state index in [4.69, 9.17) is 4.42 Å². The number of carbonyl (C=O) groups is 1. The van der Waals surface area contributed by atoms with E-state index in [1.54, 1.807) is 6.92 Å². The Kier molecular flexibility index (Phi) is 5.11. The summed E-state index contributed by atoms with van der Waals surface area (Å²) in [5.74, 6) is 0.0319. The fourth-order valence-corrected chi connectivity index (χ4v) is 3.41. The van der Waals surface area contributed by atoms with Gasteiger partial charge in [-0.1, -0.05) is 0 Å². The molecule has 1 amide bonds. The summed E-state index contributed by atoms with van der Waals surface area (Å²) in [7, 11) is 0. The van der Waals surface area contributed by atoms with Crippen LogP contribution in [-0.4, -0.2) is 33.6 Å². The van der Waals surface area contributed by atoms with Crippen LogP contribution in [0.4, 0.5) is 8.78 Å². The highest BCUT2D eigenvalue weighted by Gasteiger charge is 2.33. The van der Waals surface area contributed by atoms with E-state index in [1.165, 1.54) is 6.07 Å². The van der Waals surface area contributed by atoms with Crippen molar-refractivity contribution in [2.24, 2.45) is 0 Å². The predicted octanol–water partition coefficient (Wildman–Crippen LogP) is 3.25. The van der Waals surface area contributed by atoms with Gasteiger partial charge in [0.2, 0.25) is 17.7 Å². The van der Waals surface area contributed by atoms with Gasteiger partial charge in [-0.3, -0.25) is 4.79 Å². The maximum absolute atomic E-state index is 13.7. The molecule has 2 heterocycles. The number of carbonyl (C=O) groups excluding carboxylic acids is 1. The van der Waals surface area contributed by atoms with Crippen LogP contribution in [0.3, 0.4) is 0 Å². The Bertz CT molecular complexity index is 763. The van der Waals surface area contributed by atoms with Crippen molar-refractivity contribution in [2.45, 2.75) is 51.5 Å². The lowest BCUT2D eigenvalue weighted by atomic mass is 9.90. The number of hydrogen-bond acceptors (Lipinski definition) is 4. The molecule has 1 fully saturated rings. The molecule has 0 bridgehead atoms. The standard InChI is InChI=1S/C18H21F2N3O2/c1-11-15(4-3-9-23(11)12(2)24)18-22-21-17(25-18)8-5-13-10-14(19)6-7-16(13)20/h6-7,10-11,15H,3-5,8-9H2,1-2H3/t11-,15-/m0/s1. The average molecular weight is 349 g/mol. The second-order valence-corrected chi connectivity index (χ2v) is 6.47. The first-order chi connectivity index (χ1) is 12.0. The number of nitrogens with zero attached hydrogens (tertiary/aromatic N) is 3. The topological polar surface area (TPSA) is 59.2 Å². The van der Waals surface area contributed by atoms with Crippen LogP contribution in [0.15, 0.2) is 22.6 Å². The molecule has 1 saturated heterocycles. The zero-order chi connectivity index (χ0) is 18.0. The van der Waals surface area contributed by atoms with Crippen molar-refractivity contribution in [2.75, 3.05) is 6.54 Å². The van der Waals surface area contributed by atoms with E-state index in [0.717, 1.165) is 31.5 Å². The predicted molar refractivity (Wildman–Crippen MR) is 86.9 cm³/mol.